The van der Waals surface area contributed by atoms with E-state index in [1.54, 1.807) is 0 Å². The van der Waals surface area contributed by atoms with Gasteiger partial charge in [0.15, 0.2) is 0 Å². The maximum absolute atomic E-state index is 12.1. The molecule has 0 aromatic rings. The number of urea groups is 1. The van der Waals surface area contributed by atoms with Crippen LogP contribution >= 0.6 is 0 Å². The molecular weight excluding hydrogens is 214 g/mol. The van der Waals surface area contributed by atoms with Crippen LogP contribution < -0.4 is 11.1 Å². The van der Waals surface area contributed by atoms with Crippen LogP contribution in [0, 0.1) is 0 Å². The molecule has 0 bridgehead atoms. The second-order valence-corrected chi connectivity index (χ2v) is 5.51. The summed E-state index contributed by atoms with van der Waals surface area (Å²) in [6.07, 6.45) is 5.54. The minimum absolute atomic E-state index is 0.0764. The van der Waals surface area contributed by atoms with Crippen LogP contribution in [-0.4, -0.2) is 35.6 Å². The molecule has 2 unspecified atom stereocenters. The van der Waals surface area contributed by atoms with Crippen LogP contribution in [0.2, 0.25) is 0 Å². The zero-order chi connectivity index (χ0) is 12.8. The first-order valence-corrected chi connectivity index (χ1v) is 6.83. The molecule has 1 aliphatic heterocycles. The molecule has 0 aliphatic carbocycles. The second-order valence-electron chi connectivity index (χ2n) is 5.51. The van der Waals surface area contributed by atoms with Gasteiger partial charge in [-0.15, -0.1) is 0 Å². The molecule has 1 heterocycles. The van der Waals surface area contributed by atoms with Crippen molar-refractivity contribution in [3.63, 3.8) is 0 Å². The molecule has 2 atom stereocenters. The number of nitrogens with two attached hydrogens (primary N) is 1. The summed E-state index contributed by atoms with van der Waals surface area (Å²) in [6.45, 7) is 6.88. The van der Waals surface area contributed by atoms with Crippen LogP contribution in [0.5, 0.6) is 0 Å². The third kappa shape index (κ3) is 4.94. The molecule has 1 saturated heterocycles. The molecule has 0 aromatic carbocycles. The molecule has 4 nitrogen and oxygen atoms in total. The van der Waals surface area contributed by atoms with Gasteiger partial charge >= 0.3 is 6.03 Å². The van der Waals surface area contributed by atoms with E-state index < -0.39 is 0 Å². The van der Waals surface area contributed by atoms with Crippen molar-refractivity contribution in [3.8, 4) is 0 Å². The average Bonchev–Trinajstić information content (AvgIpc) is 2.41. The summed E-state index contributed by atoms with van der Waals surface area (Å²) in [5.41, 5.74) is 5.88. The molecule has 4 heteroatoms. The Morgan fingerprint density at radius 1 is 1.35 bits per heavy atom. The molecule has 1 aliphatic rings. The normalized spacial score (nSPS) is 23.4. The molecule has 1 fully saturated rings. The van der Waals surface area contributed by atoms with E-state index in [-0.39, 0.29) is 18.1 Å². The van der Waals surface area contributed by atoms with Crippen LogP contribution in [0.3, 0.4) is 0 Å². The van der Waals surface area contributed by atoms with E-state index >= 15 is 0 Å². The lowest BCUT2D eigenvalue weighted by Crippen LogP contribution is -2.49. The van der Waals surface area contributed by atoms with Crippen molar-refractivity contribution < 1.29 is 4.79 Å². The van der Waals surface area contributed by atoms with Gasteiger partial charge in [-0.05, 0) is 40.0 Å². The Bertz CT molecular complexity index is 241. The molecule has 0 radical (unpaired) electrons. The van der Waals surface area contributed by atoms with Crippen LogP contribution in [-0.2, 0) is 0 Å². The van der Waals surface area contributed by atoms with Gasteiger partial charge in [0.2, 0.25) is 0 Å². The predicted molar refractivity (Wildman–Crippen MR) is 70.9 cm³/mol. The number of hydrogen-bond donors (Lipinski definition) is 2. The van der Waals surface area contributed by atoms with Gasteiger partial charge in [0.05, 0.1) is 0 Å². The Balaban J connectivity index is 2.63. The summed E-state index contributed by atoms with van der Waals surface area (Å²) >= 11 is 0. The highest BCUT2D eigenvalue weighted by Crippen LogP contribution is 2.20. The molecule has 2 amide bonds. The Hall–Kier alpha value is -0.770. The SMILES string of the molecule is CC(N)CC1CCCCCN1C(=O)NC(C)C. The zero-order valence-corrected chi connectivity index (χ0v) is 11.4. The average molecular weight is 241 g/mol. The first-order chi connectivity index (χ1) is 8.00. The van der Waals surface area contributed by atoms with Gasteiger partial charge < -0.3 is 16.0 Å². The van der Waals surface area contributed by atoms with Crippen molar-refractivity contribution in [1.29, 1.82) is 0 Å². The number of nitrogens with zero attached hydrogens (tertiary/aromatic N) is 1. The summed E-state index contributed by atoms with van der Waals surface area (Å²) in [5.74, 6) is 0. The highest BCUT2D eigenvalue weighted by molar-refractivity contribution is 5.74. The fourth-order valence-electron chi connectivity index (χ4n) is 2.45. The Morgan fingerprint density at radius 3 is 2.65 bits per heavy atom. The highest BCUT2D eigenvalue weighted by atomic mass is 16.2. The molecule has 17 heavy (non-hydrogen) atoms. The number of carbonyl (C=O) groups is 1. The predicted octanol–water partition coefficient (Wildman–Crippen LogP) is 2.09. The van der Waals surface area contributed by atoms with E-state index in [0.717, 1.165) is 25.8 Å². The number of nitrogens with one attached hydrogen (secondary N) is 1. The smallest absolute Gasteiger partial charge is 0.317 e. The summed E-state index contributed by atoms with van der Waals surface area (Å²) < 4.78 is 0. The molecule has 1 rings (SSSR count). The van der Waals surface area contributed by atoms with Crippen molar-refractivity contribution in [2.24, 2.45) is 5.73 Å². The summed E-state index contributed by atoms with van der Waals surface area (Å²) in [7, 11) is 0. The lowest BCUT2D eigenvalue weighted by Gasteiger charge is -2.32. The third-order valence-corrected chi connectivity index (χ3v) is 3.19. The number of likely N-dealkylation sites (tertiary alicyclic amines) is 1. The third-order valence-electron chi connectivity index (χ3n) is 3.19. The number of hydrogen-bond acceptors (Lipinski definition) is 2. The number of amides is 2. The van der Waals surface area contributed by atoms with Crippen molar-refractivity contribution in [2.45, 2.75) is 71.0 Å². The van der Waals surface area contributed by atoms with Gasteiger partial charge in [0, 0.05) is 24.7 Å². The van der Waals surface area contributed by atoms with E-state index in [4.69, 9.17) is 5.73 Å². The second kappa shape index (κ2) is 6.84. The van der Waals surface area contributed by atoms with Gasteiger partial charge in [-0.25, -0.2) is 4.79 Å². The molecule has 3 N–H and O–H groups in total. The number of rotatable bonds is 3. The lowest BCUT2D eigenvalue weighted by atomic mass is 10.0. The van der Waals surface area contributed by atoms with E-state index in [9.17, 15) is 4.79 Å². The first-order valence-electron chi connectivity index (χ1n) is 6.83. The van der Waals surface area contributed by atoms with Gasteiger partial charge in [0.1, 0.15) is 0 Å². The summed E-state index contributed by atoms with van der Waals surface area (Å²) in [6, 6.07) is 0.748. The van der Waals surface area contributed by atoms with Crippen molar-refractivity contribution in [1.82, 2.24) is 10.2 Å². The standard InChI is InChI=1S/C13H27N3O/c1-10(2)15-13(17)16-8-6-4-5-7-12(16)9-11(3)14/h10-12H,4-9,14H2,1-3H3,(H,15,17). The molecule has 0 spiro atoms. The molecule has 0 aromatic heterocycles. The summed E-state index contributed by atoms with van der Waals surface area (Å²) in [5, 5.41) is 2.99. The van der Waals surface area contributed by atoms with Crippen molar-refractivity contribution >= 4 is 6.03 Å². The van der Waals surface area contributed by atoms with Crippen molar-refractivity contribution in [2.75, 3.05) is 6.54 Å². The van der Waals surface area contributed by atoms with Gasteiger partial charge in [-0.2, -0.15) is 0 Å². The van der Waals surface area contributed by atoms with Gasteiger partial charge in [0.25, 0.3) is 0 Å². The Morgan fingerprint density at radius 2 is 2.06 bits per heavy atom. The number of carbonyl (C=O) groups excluding carboxylic acids is 1. The highest BCUT2D eigenvalue weighted by Gasteiger charge is 2.26. The lowest BCUT2D eigenvalue weighted by molar-refractivity contribution is 0.167. The molecule has 0 saturated carbocycles. The van der Waals surface area contributed by atoms with Crippen LogP contribution in [0.25, 0.3) is 0 Å². The van der Waals surface area contributed by atoms with E-state index in [1.165, 1.54) is 12.8 Å². The van der Waals surface area contributed by atoms with Crippen LogP contribution in [0.4, 0.5) is 4.79 Å². The van der Waals surface area contributed by atoms with E-state index in [2.05, 4.69) is 5.32 Å². The first kappa shape index (κ1) is 14.3. The van der Waals surface area contributed by atoms with E-state index in [1.807, 2.05) is 25.7 Å². The van der Waals surface area contributed by atoms with Crippen LogP contribution in [0.15, 0.2) is 0 Å². The fraction of sp³-hybridized carbons (Fsp3) is 0.923. The Kier molecular flexibility index (Phi) is 5.75. The minimum atomic E-state index is 0.0764. The Labute approximate surface area is 105 Å². The monoisotopic (exact) mass is 241 g/mol. The van der Waals surface area contributed by atoms with Crippen LogP contribution in [0.1, 0.15) is 52.9 Å². The quantitative estimate of drug-likeness (QED) is 0.795. The van der Waals surface area contributed by atoms with Gasteiger partial charge in [-0.1, -0.05) is 12.8 Å². The maximum atomic E-state index is 12.1. The molecule has 100 valence electrons. The fourth-order valence-corrected chi connectivity index (χ4v) is 2.45. The minimum Gasteiger partial charge on any atom is -0.336 e. The van der Waals surface area contributed by atoms with Crippen molar-refractivity contribution in [3.05, 3.63) is 0 Å². The largest absolute Gasteiger partial charge is 0.336 e. The zero-order valence-electron chi connectivity index (χ0n) is 11.4. The van der Waals surface area contributed by atoms with Gasteiger partial charge in [-0.3, -0.25) is 0 Å². The van der Waals surface area contributed by atoms with E-state index in [0.29, 0.717) is 6.04 Å². The topological polar surface area (TPSA) is 58.4 Å². The maximum Gasteiger partial charge on any atom is 0.317 e. The summed E-state index contributed by atoms with van der Waals surface area (Å²) in [4.78, 5) is 14.1. The molecular formula is C13H27N3O.